The molecular formula is C15H27N3O2. The lowest BCUT2D eigenvalue weighted by molar-refractivity contribution is -0.123. The van der Waals surface area contributed by atoms with Crippen molar-refractivity contribution in [1.82, 2.24) is 14.9 Å². The first-order valence-corrected chi connectivity index (χ1v) is 7.51. The van der Waals surface area contributed by atoms with E-state index in [1.54, 1.807) is 12.5 Å². The Morgan fingerprint density at radius 2 is 2.10 bits per heavy atom. The summed E-state index contributed by atoms with van der Waals surface area (Å²) in [6, 6.07) is 0.138. The highest BCUT2D eigenvalue weighted by Gasteiger charge is 2.23. The third kappa shape index (κ3) is 4.96. The Kier molecular flexibility index (Phi) is 6.71. The number of hydrogen-bond acceptors (Lipinski definition) is 3. The van der Waals surface area contributed by atoms with E-state index in [1.165, 1.54) is 0 Å². The monoisotopic (exact) mass is 281 g/mol. The summed E-state index contributed by atoms with van der Waals surface area (Å²) in [5.41, 5.74) is -0.787. The predicted octanol–water partition coefficient (Wildman–Crippen LogP) is 2.28. The number of rotatable bonds is 9. The molecule has 0 aliphatic carbocycles. The molecule has 2 N–H and O–H groups in total. The minimum absolute atomic E-state index is 0.0162. The van der Waals surface area contributed by atoms with Gasteiger partial charge in [-0.3, -0.25) is 4.79 Å². The van der Waals surface area contributed by atoms with Gasteiger partial charge in [0.05, 0.1) is 11.9 Å². The average Bonchev–Trinajstić information content (AvgIpc) is 2.98. The Bertz CT molecular complexity index is 386. The summed E-state index contributed by atoms with van der Waals surface area (Å²) < 4.78 is 1.98. The summed E-state index contributed by atoms with van der Waals surface area (Å²) in [7, 11) is 0. The van der Waals surface area contributed by atoms with Gasteiger partial charge in [-0.05, 0) is 19.3 Å². The molecule has 1 aromatic heterocycles. The zero-order chi connectivity index (χ0) is 15.0. The Labute approximate surface area is 121 Å². The number of carbonyl (C=O) groups excluding carboxylic acids is 1. The van der Waals surface area contributed by atoms with Gasteiger partial charge < -0.3 is 15.0 Å². The highest BCUT2D eigenvalue weighted by Crippen LogP contribution is 2.18. The molecular weight excluding hydrogens is 254 g/mol. The summed E-state index contributed by atoms with van der Waals surface area (Å²) in [6.07, 6.45) is 9.04. The maximum absolute atomic E-state index is 12.0. The van der Waals surface area contributed by atoms with E-state index in [0.29, 0.717) is 25.8 Å². The molecule has 1 heterocycles. The molecule has 5 heteroatoms. The van der Waals surface area contributed by atoms with Crippen molar-refractivity contribution >= 4 is 5.91 Å². The van der Waals surface area contributed by atoms with Crippen molar-refractivity contribution in [1.29, 1.82) is 0 Å². The van der Waals surface area contributed by atoms with Crippen LogP contribution in [0.5, 0.6) is 0 Å². The summed E-state index contributed by atoms with van der Waals surface area (Å²) >= 11 is 0. The second kappa shape index (κ2) is 8.04. The number of carbonyl (C=O) groups is 1. The number of hydrogen-bond donors (Lipinski definition) is 2. The SMILES string of the molecule is CCCC(CC(=O)NCC(O)(CC)CC)n1ccnc1. The van der Waals surface area contributed by atoms with Crippen molar-refractivity contribution in [2.75, 3.05) is 6.54 Å². The third-order valence-corrected chi connectivity index (χ3v) is 3.92. The van der Waals surface area contributed by atoms with Crippen LogP contribution in [0.1, 0.15) is 58.9 Å². The lowest BCUT2D eigenvalue weighted by Gasteiger charge is -2.26. The molecule has 0 fully saturated rings. The summed E-state index contributed by atoms with van der Waals surface area (Å²) in [6.45, 7) is 6.29. The molecule has 0 saturated carbocycles. The van der Waals surface area contributed by atoms with E-state index >= 15 is 0 Å². The second-order valence-electron chi connectivity index (χ2n) is 5.36. The van der Waals surface area contributed by atoms with E-state index in [2.05, 4.69) is 17.2 Å². The van der Waals surface area contributed by atoms with Crippen molar-refractivity contribution in [2.45, 2.75) is 64.5 Å². The van der Waals surface area contributed by atoms with Gasteiger partial charge in [0.25, 0.3) is 0 Å². The number of amides is 1. The zero-order valence-corrected chi connectivity index (χ0v) is 12.8. The van der Waals surface area contributed by atoms with Crippen LogP contribution in [-0.2, 0) is 4.79 Å². The smallest absolute Gasteiger partial charge is 0.222 e. The summed E-state index contributed by atoms with van der Waals surface area (Å²) in [4.78, 5) is 16.1. The van der Waals surface area contributed by atoms with Gasteiger partial charge in [-0.1, -0.05) is 27.2 Å². The van der Waals surface area contributed by atoms with E-state index in [1.807, 2.05) is 24.6 Å². The maximum Gasteiger partial charge on any atom is 0.222 e. The minimum Gasteiger partial charge on any atom is -0.388 e. The molecule has 0 radical (unpaired) electrons. The third-order valence-electron chi connectivity index (χ3n) is 3.92. The lowest BCUT2D eigenvalue weighted by atomic mass is 9.97. The molecule has 1 atom stereocenters. The van der Waals surface area contributed by atoms with Gasteiger partial charge in [-0.25, -0.2) is 4.98 Å². The normalized spacial score (nSPS) is 13.2. The van der Waals surface area contributed by atoms with Crippen LogP contribution in [0.15, 0.2) is 18.7 Å². The Balaban J connectivity index is 2.51. The molecule has 1 aromatic rings. The van der Waals surface area contributed by atoms with E-state index < -0.39 is 5.60 Å². The van der Waals surface area contributed by atoms with Gasteiger partial charge in [0.1, 0.15) is 0 Å². The van der Waals surface area contributed by atoms with Gasteiger partial charge >= 0.3 is 0 Å². The van der Waals surface area contributed by atoms with Gasteiger partial charge in [-0.15, -0.1) is 0 Å². The molecule has 0 saturated heterocycles. The quantitative estimate of drug-likeness (QED) is 0.729. The van der Waals surface area contributed by atoms with Crippen LogP contribution in [0, 0.1) is 0 Å². The van der Waals surface area contributed by atoms with Crippen molar-refractivity contribution in [2.24, 2.45) is 0 Å². The largest absolute Gasteiger partial charge is 0.388 e. The molecule has 0 bridgehead atoms. The standard InChI is InChI=1S/C15H27N3O2/c1-4-7-13(18-9-8-16-12-18)10-14(19)17-11-15(20,5-2)6-3/h8-9,12-13,20H,4-7,10-11H2,1-3H3,(H,17,19). The van der Waals surface area contributed by atoms with Crippen LogP contribution >= 0.6 is 0 Å². The minimum atomic E-state index is -0.787. The summed E-state index contributed by atoms with van der Waals surface area (Å²) in [5, 5.41) is 13.0. The molecule has 114 valence electrons. The number of aliphatic hydroxyl groups is 1. The van der Waals surface area contributed by atoms with Gasteiger partial charge in [0, 0.05) is 31.4 Å². The molecule has 0 spiro atoms. The average molecular weight is 281 g/mol. The fraction of sp³-hybridized carbons (Fsp3) is 0.733. The number of imidazole rings is 1. The van der Waals surface area contributed by atoms with Crippen LogP contribution in [0.4, 0.5) is 0 Å². The highest BCUT2D eigenvalue weighted by molar-refractivity contribution is 5.76. The molecule has 20 heavy (non-hydrogen) atoms. The van der Waals surface area contributed by atoms with Crippen molar-refractivity contribution < 1.29 is 9.90 Å². The fourth-order valence-corrected chi connectivity index (χ4v) is 2.22. The molecule has 1 rings (SSSR count). The van der Waals surface area contributed by atoms with Gasteiger partial charge in [0.15, 0.2) is 0 Å². The molecule has 0 aromatic carbocycles. The maximum atomic E-state index is 12.0. The van der Waals surface area contributed by atoms with Gasteiger partial charge in [0.2, 0.25) is 5.91 Å². The number of nitrogens with one attached hydrogen (secondary N) is 1. The number of nitrogens with zero attached hydrogens (tertiary/aromatic N) is 2. The van der Waals surface area contributed by atoms with Crippen LogP contribution in [0.2, 0.25) is 0 Å². The van der Waals surface area contributed by atoms with E-state index in [9.17, 15) is 9.90 Å². The molecule has 1 unspecified atom stereocenters. The Morgan fingerprint density at radius 3 is 2.60 bits per heavy atom. The highest BCUT2D eigenvalue weighted by atomic mass is 16.3. The van der Waals surface area contributed by atoms with Crippen molar-refractivity contribution in [3.8, 4) is 0 Å². The molecule has 5 nitrogen and oxygen atoms in total. The zero-order valence-electron chi connectivity index (χ0n) is 12.8. The number of aromatic nitrogens is 2. The van der Waals surface area contributed by atoms with Crippen molar-refractivity contribution in [3.63, 3.8) is 0 Å². The second-order valence-corrected chi connectivity index (χ2v) is 5.36. The molecule has 0 aliphatic heterocycles. The summed E-state index contributed by atoms with van der Waals surface area (Å²) in [5.74, 6) is -0.0162. The van der Waals surface area contributed by atoms with Crippen molar-refractivity contribution in [3.05, 3.63) is 18.7 Å². The van der Waals surface area contributed by atoms with E-state index in [0.717, 1.165) is 12.8 Å². The van der Waals surface area contributed by atoms with Gasteiger partial charge in [-0.2, -0.15) is 0 Å². The first-order valence-electron chi connectivity index (χ1n) is 7.51. The van der Waals surface area contributed by atoms with E-state index in [4.69, 9.17) is 0 Å². The van der Waals surface area contributed by atoms with Crippen LogP contribution in [0.25, 0.3) is 0 Å². The van der Waals surface area contributed by atoms with Crippen LogP contribution in [-0.4, -0.2) is 32.7 Å². The van der Waals surface area contributed by atoms with Crippen LogP contribution < -0.4 is 5.32 Å². The molecule has 0 aliphatic rings. The predicted molar refractivity (Wildman–Crippen MR) is 79.3 cm³/mol. The first kappa shape index (κ1) is 16.7. The Hall–Kier alpha value is -1.36. The van der Waals surface area contributed by atoms with Crippen LogP contribution in [0.3, 0.4) is 0 Å². The first-order chi connectivity index (χ1) is 9.54. The van der Waals surface area contributed by atoms with E-state index in [-0.39, 0.29) is 11.9 Å². The molecule has 1 amide bonds. The topological polar surface area (TPSA) is 67.2 Å². The fourth-order valence-electron chi connectivity index (χ4n) is 2.22. The Morgan fingerprint density at radius 1 is 1.40 bits per heavy atom. The lowest BCUT2D eigenvalue weighted by Crippen LogP contribution is -2.42.